The van der Waals surface area contributed by atoms with Crippen molar-refractivity contribution < 1.29 is 33.3 Å². The molecule has 30 heavy (non-hydrogen) atoms. The maximum atomic E-state index is 12.1. The third-order valence-electron chi connectivity index (χ3n) is 8.75. The van der Waals surface area contributed by atoms with Crippen LogP contribution in [0.25, 0.3) is 0 Å². The van der Waals surface area contributed by atoms with Crippen LogP contribution in [0.1, 0.15) is 12.8 Å². The van der Waals surface area contributed by atoms with E-state index in [1.807, 2.05) is 23.9 Å². The number of rotatable bonds is 0. The van der Waals surface area contributed by atoms with Crippen LogP contribution in [0.3, 0.4) is 0 Å². The van der Waals surface area contributed by atoms with Gasteiger partial charge in [-0.2, -0.15) is 23.5 Å². The van der Waals surface area contributed by atoms with Crippen molar-refractivity contribution in [3.63, 3.8) is 0 Å². The maximum Gasteiger partial charge on any atom is 0.324 e. The largest absolute Gasteiger partial charge is 0.430 e. The number of thioether (sulfide) groups is 2. The first-order valence-electron chi connectivity index (χ1n) is 10.3. The number of fused-ring (bicyclic) bond motifs is 4. The predicted octanol–water partition coefficient (Wildman–Crippen LogP) is 1.46. The molecular weight excluding hydrogens is 428 g/mol. The Morgan fingerprint density at radius 3 is 1.83 bits per heavy atom. The lowest BCUT2D eigenvalue weighted by Crippen LogP contribution is -2.50. The Labute approximate surface area is 181 Å². The van der Waals surface area contributed by atoms with Gasteiger partial charge in [-0.05, 0) is 12.8 Å². The van der Waals surface area contributed by atoms with Crippen LogP contribution in [0, 0.1) is 21.7 Å². The second-order valence-electron chi connectivity index (χ2n) is 9.41. The minimum atomic E-state index is -0.714. The zero-order valence-corrected chi connectivity index (χ0v) is 17.7. The van der Waals surface area contributed by atoms with E-state index in [1.165, 1.54) is 0 Å². The molecule has 8 aliphatic rings. The molecule has 0 aliphatic carbocycles. The van der Waals surface area contributed by atoms with Gasteiger partial charge in [0.2, 0.25) is 0 Å². The quantitative estimate of drug-likeness (QED) is 0.310. The van der Waals surface area contributed by atoms with Gasteiger partial charge in [-0.3, -0.25) is 14.4 Å². The minimum absolute atomic E-state index is 0.0790. The van der Waals surface area contributed by atoms with Crippen LogP contribution in [-0.2, 0) is 33.3 Å². The molecule has 8 rings (SSSR count). The van der Waals surface area contributed by atoms with Crippen LogP contribution in [0.4, 0.5) is 0 Å². The molecule has 7 saturated heterocycles. The summed E-state index contributed by atoms with van der Waals surface area (Å²) < 4.78 is 21.8. The monoisotopic (exact) mass is 448 g/mol. The summed E-state index contributed by atoms with van der Waals surface area (Å²) in [6.07, 6.45) is 5.62. The lowest BCUT2D eigenvalue weighted by atomic mass is 9.58. The van der Waals surface area contributed by atoms with Crippen LogP contribution in [-0.4, -0.2) is 65.3 Å². The molecule has 8 aliphatic heterocycles. The standard InChI is InChI=1S/C11H12O3S.C10H8O4S/c1-6-10-4-15-5-11(10,9(12)13-6)8-3-2-7(10)14-8;11-7-9-3-15-4-10(9,8(12)14-7)6-2-1-5(9)13-6/h7-8H,1-5H2;1-2,5-6H,3-4H2. The first-order chi connectivity index (χ1) is 14.4. The van der Waals surface area contributed by atoms with Gasteiger partial charge in [-0.1, -0.05) is 18.7 Å². The Balaban J connectivity index is 0.000000108. The molecular formula is C21H20O7S2. The highest BCUT2D eigenvalue weighted by molar-refractivity contribution is 7.99. The molecule has 8 unspecified atom stereocenters. The van der Waals surface area contributed by atoms with Crippen molar-refractivity contribution in [1.29, 1.82) is 0 Å². The minimum Gasteiger partial charge on any atom is -0.430 e. The first kappa shape index (κ1) is 18.3. The summed E-state index contributed by atoms with van der Waals surface area (Å²) in [5, 5.41) is 0. The van der Waals surface area contributed by atoms with Crippen molar-refractivity contribution >= 4 is 41.4 Å². The molecule has 7 fully saturated rings. The third-order valence-corrected chi connectivity index (χ3v) is 11.4. The van der Waals surface area contributed by atoms with Gasteiger partial charge in [0.05, 0.1) is 29.8 Å². The summed E-state index contributed by atoms with van der Waals surface area (Å²) >= 11 is 3.51. The average molecular weight is 449 g/mol. The Morgan fingerprint density at radius 2 is 1.23 bits per heavy atom. The smallest absolute Gasteiger partial charge is 0.324 e. The molecule has 0 aromatic heterocycles. The lowest BCUT2D eigenvalue weighted by Gasteiger charge is -2.35. The van der Waals surface area contributed by atoms with Crippen LogP contribution in [0.15, 0.2) is 24.5 Å². The Hall–Kier alpha value is -1.29. The van der Waals surface area contributed by atoms with E-state index in [-0.39, 0.29) is 53.2 Å². The molecule has 0 radical (unpaired) electrons. The molecule has 0 aromatic carbocycles. The topological polar surface area (TPSA) is 88.1 Å². The lowest BCUT2D eigenvalue weighted by molar-refractivity contribution is -0.159. The van der Waals surface area contributed by atoms with E-state index in [9.17, 15) is 14.4 Å². The molecule has 4 bridgehead atoms. The summed E-state index contributed by atoms with van der Waals surface area (Å²) in [5.41, 5.74) is -1.99. The fraction of sp³-hybridized carbons (Fsp3) is 0.667. The number of esters is 3. The SMILES string of the molecule is C=C1OC(=O)C23CSCC12C1CCC3O1.O=C1OC(=O)C23CSCC12C1C=CC3O1. The molecule has 9 heteroatoms. The Morgan fingerprint density at radius 1 is 0.733 bits per heavy atom. The molecule has 8 atom stereocenters. The summed E-state index contributed by atoms with van der Waals surface area (Å²) in [6, 6.07) is 0. The maximum absolute atomic E-state index is 12.1. The van der Waals surface area contributed by atoms with Crippen molar-refractivity contribution in [1.82, 2.24) is 0 Å². The van der Waals surface area contributed by atoms with Gasteiger partial charge < -0.3 is 18.9 Å². The second kappa shape index (κ2) is 5.36. The number of ether oxygens (including phenoxy) is 4. The van der Waals surface area contributed by atoms with Crippen LogP contribution < -0.4 is 0 Å². The fourth-order valence-corrected chi connectivity index (χ4v) is 11.0. The van der Waals surface area contributed by atoms with E-state index < -0.39 is 10.8 Å². The van der Waals surface area contributed by atoms with Gasteiger partial charge in [0, 0.05) is 23.0 Å². The van der Waals surface area contributed by atoms with Gasteiger partial charge >= 0.3 is 17.9 Å². The van der Waals surface area contributed by atoms with E-state index in [4.69, 9.17) is 18.9 Å². The normalized spacial score (nSPS) is 55.2. The summed E-state index contributed by atoms with van der Waals surface area (Å²) in [4.78, 5) is 35.8. The van der Waals surface area contributed by atoms with Crippen molar-refractivity contribution in [2.75, 3.05) is 23.0 Å². The van der Waals surface area contributed by atoms with Crippen molar-refractivity contribution in [2.45, 2.75) is 37.3 Å². The highest BCUT2D eigenvalue weighted by Crippen LogP contribution is 2.72. The van der Waals surface area contributed by atoms with Gasteiger partial charge in [0.15, 0.2) is 0 Å². The van der Waals surface area contributed by atoms with Crippen LogP contribution in [0.5, 0.6) is 0 Å². The average Bonchev–Trinajstić information content (AvgIpc) is 3.52. The third kappa shape index (κ3) is 1.55. The van der Waals surface area contributed by atoms with E-state index in [0.717, 1.165) is 24.3 Å². The van der Waals surface area contributed by atoms with Crippen molar-refractivity contribution in [2.24, 2.45) is 21.7 Å². The molecule has 0 amide bonds. The summed E-state index contributed by atoms with van der Waals surface area (Å²) in [7, 11) is 0. The van der Waals surface area contributed by atoms with E-state index in [1.54, 1.807) is 11.8 Å². The molecule has 0 N–H and O–H groups in total. The van der Waals surface area contributed by atoms with Crippen molar-refractivity contribution in [3.05, 3.63) is 24.5 Å². The molecule has 0 spiro atoms. The number of hydrogen-bond donors (Lipinski definition) is 0. The molecule has 8 heterocycles. The molecule has 7 nitrogen and oxygen atoms in total. The number of carbonyl (C=O) groups is 3. The van der Waals surface area contributed by atoms with Crippen LogP contribution >= 0.6 is 23.5 Å². The van der Waals surface area contributed by atoms with Gasteiger partial charge in [-0.15, -0.1) is 0 Å². The fourth-order valence-electron chi connectivity index (χ4n) is 7.22. The second-order valence-corrected chi connectivity index (χ2v) is 11.4. The summed E-state index contributed by atoms with van der Waals surface area (Å²) in [6.45, 7) is 3.96. The number of carbonyl (C=O) groups excluding carboxylic acids is 3. The zero-order valence-electron chi connectivity index (χ0n) is 16.1. The van der Waals surface area contributed by atoms with E-state index in [0.29, 0.717) is 17.3 Å². The van der Waals surface area contributed by atoms with Crippen LogP contribution in [0.2, 0.25) is 0 Å². The van der Waals surface area contributed by atoms with Gasteiger partial charge in [-0.25, -0.2) is 0 Å². The van der Waals surface area contributed by atoms with Gasteiger partial charge in [0.1, 0.15) is 22.0 Å². The summed E-state index contributed by atoms with van der Waals surface area (Å²) in [5.74, 6) is 2.91. The Kier molecular flexibility index (Phi) is 3.27. The molecule has 0 saturated carbocycles. The van der Waals surface area contributed by atoms with E-state index >= 15 is 0 Å². The number of hydrogen-bond acceptors (Lipinski definition) is 9. The highest BCUT2D eigenvalue weighted by Gasteiger charge is 2.82. The molecule has 158 valence electrons. The number of cyclic esters (lactones) is 3. The molecule has 0 aromatic rings. The van der Waals surface area contributed by atoms with E-state index in [2.05, 4.69) is 6.58 Å². The Bertz CT molecular complexity index is 908. The first-order valence-corrected chi connectivity index (χ1v) is 12.6. The zero-order chi connectivity index (χ0) is 20.5. The van der Waals surface area contributed by atoms with Gasteiger partial charge in [0.25, 0.3) is 0 Å². The predicted molar refractivity (Wildman–Crippen MR) is 106 cm³/mol. The highest BCUT2D eigenvalue weighted by atomic mass is 32.2. The van der Waals surface area contributed by atoms with Crippen molar-refractivity contribution in [3.8, 4) is 0 Å².